The summed E-state index contributed by atoms with van der Waals surface area (Å²) in [5.41, 5.74) is 0.164. The van der Waals surface area contributed by atoms with Crippen molar-refractivity contribution in [2.75, 3.05) is 0 Å². The minimum atomic E-state index is 0.164. The van der Waals surface area contributed by atoms with E-state index in [1.807, 2.05) is 13.8 Å². The lowest BCUT2D eigenvalue weighted by atomic mass is 9.51. The molecule has 1 nitrogen and oxygen atoms in total. The van der Waals surface area contributed by atoms with Gasteiger partial charge in [-0.2, -0.15) is 0 Å². The van der Waals surface area contributed by atoms with E-state index in [4.69, 9.17) is 0 Å². The van der Waals surface area contributed by atoms with Crippen molar-refractivity contribution in [1.29, 1.82) is 0 Å². The number of carbonyl (C=O) groups excluding carboxylic acids is 1. The van der Waals surface area contributed by atoms with Crippen LogP contribution in [0.4, 0.5) is 0 Å². The summed E-state index contributed by atoms with van der Waals surface area (Å²) in [6, 6.07) is 0. The third kappa shape index (κ3) is 1.02. The molecule has 3 saturated carbocycles. The Hall–Kier alpha value is -0.330. The Kier molecular flexibility index (Phi) is 1.78. The lowest BCUT2D eigenvalue weighted by Crippen LogP contribution is -2.48. The average molecular weight is 166 g/mol. The molecule has 0 radical (unpaired) electrons. The van der Waals surface area contributed by atoms with Crippen molar-refractivity contribution in [3.63, 3.8) is 0 Å². The van der Waals surface area contributed by atoms with E-state index in [1.54, 1.807) is 0 Å². The highest BCUT2D eigenvalue weighted by atomic mass is 16.1. The monoisotopic (exact) mass is 166 g/mol. The van der Waals surface area contributed by atoms with Crippen LogP contribution in [0.15, 0.2) is 0 Å². The van der Waals surface area contributed by atoms with Gasteiger partial charge < -0.3 is 0 Å². The molecule has 12 heavy (non-hydrogen) atoms. The molecule has 0 aromatic carbocycles. The lowest BCUT2D eigenvalue weighted by molar-refractivity contribution is -0.145. The number of ketones is 1. The van der Waals surface area contributed by atoms with Gasteiger partial charge >= 0.3 is 0 Å². The van der Waals surface area contributed by atoms with Crippen LogP contribution in [0.5, 0.6) is 0 Å². The van der Waals surface area contributed by atoms with E-state index >= 15 is 0 Å². The zero-order valence-corrected chi connectivity index (χ0v) is 8.10. The summed E-state index contributed by atoms with van der Waals surface area (Å²) in [5, 5.41) is 0. The predicted octanol–water partition coefficient (Wildman–Crippen LogP) is 2.79. The predicted molar refractivity (Wildman–Crippen MR) is 48.9 cm³/mol. The van der Waals surface area contributed by atoms with Gasteiger partial charge in [0.25, 0.3) is 0 Å². The Morgan fingerprint density at radius 3 is 2.50 bits per heavy atom. The van der Waals surface area contributed by atoms with Gasteiger partial charge in [-0.3, -0.25) is 4.79 Å². The fourth-order valence-corrected chi connectivity index (χ4v) is 3.12. The van der Waals surface area contributed by atoms with E-state index in [1.165, 1.54) is 32.1 Å². The summed E-state index contributed by atoms with van der Waals surface area (Å²) in [5.74, 6) is 1.70. The van der Waals surface area contributed by atoms with Gasteiger partial charge in [-0.05, 0) is 25.2 Å². The molecule has 3 aliphatic carbocycles. The fraction of sp³-hybridized carbons (Fsp3) is 0.909. The van der Waals surface area contributed by atoms with E-state index in [9.17, 15) is 4.79 Å². The van der Waals surface area contributed by atoms with Gasteiger partial charge in [0.1, 0.15) is 5.78 Å². The van der Waals surface area contributed by atoms with Gasteiger partial charge in [0.05, 0.1) is 0 Å². The molecule has 0 aliphatic heterocycles. The first-order chi connectivity index (χ1) is 5.64. The maximum Gasteiger partial charge on any atom is 0.141 e. The van der Waals surface area contributed by atoms with Gasteiger partial charge in [0.15, 0.2) is 0 Å². The molecule has 3 fully saturated rings. The van der Waals surface area contributed by atoms with Gasteiger partial charge in [-0.25, -0.2) is 0 Å². The minimum absolute atomic E-state index is 0.164. The van der Waals surface area contributed by atoms with Crippen molar-refractivity contribution in [3.05, 3.63) is 0 Å². The SMILES string of the molecule is CC(C)C(=O)C12CCCC(C1)C2. The van der Waals surface area contributed by atoms with E-state index in [2.05, 4.69) is 0 Å². The molecular weight excluding hydrogens is 148 g/mol. The molecule has 0 aromatic heterocycles. The molecule has 1 heteroatoms. The van der Waals surface area contributed by atoms with Gasteiger partial charge in [0, 0.05) is 11.3 Å². The molecule has 2 bridgehead atoms. The zero-order valence-electron chi connectivity index (χ0n) is 8.10. The van der Waals surface area contributed by atoms with Gasteiger partial charge in [-0.15, -0.1) is 0 Å². The molecule has 0 heterocycles. The normalized spacial score (nSPS) is 39.4. The number of rotatable bonds is 2. The van der Waals surface area contributed by atoms with Crippen LogP contribution in [-0.4, -0.2) is 5.78 Å². The standard InChI is InChI=1S/C11H18O/c1-8(2)10(12)11-5-3-4-9(6-11)7-11/h8-9H,3-7H2,1-2H3. The second-order valence-corrected chi connectivity index (χ2v) is 4.97. The second-order valence-electron chi connectivity index (χ2n) is 4.97. The van der Waals surface area contributed by atoms with Crippen LogP contribution in [0.1, 0.15) is 46.0 Å². The largest absolute Gasteiger partial charge is 0.299 e. The molecule has 0 spiro atoms. The molecule has 0 amide bonds. The Labute approximate surface area is 74.5 Å². The van der Waals surface area contributed by atoms with Crippen LogP contribution in [0, 0.1) is 17.3 Å². The average Bonchev–Trinajstić information content (AvgIpc) is 2.02. The van der Waals surface area contributed by atoms with Gasteiger partial charge in [0.2, 0.25) is 0 Å². The first kappa shape index (κ1) is 8.28. The number of fused-ring (bicyclic) bond motifs is 2. The molecule has 0 atom stereocenters. The van der Waals surface area contributed by atoms with Crippen LogP contribution >= 0.6 is 0 Å². The van der Waals surface area contributed by atoms with E-state index < -0.39 is 0 Å². The van der Waals surface area contributed by atoms with Crippen molar-refractivity contribution >= 4 is 5.78 Å². The summed E-state index contributed by atoms with van der Waals surface area (Å²) in [6.45, 7) is 4.08. The van der Waals surface area contributed by atoms with Crippen LogP contribution in [0.25, 0.3) is 0 Å². The van der Waals surface area contributed by atoms with Crippen LogP contribution in [0.2, 0.25) is 0 Å². The van der Waals surface area contributed by atoms with Crippen molar-refractivity contribution in [1.82, 2.24) is 0 Å². The Morgan fingerprint density at radius 2 is 2.08 bits per heavy atom. The summed E-state index contributed by atoms with van der Waals surface area (Å²) in [7, 11) is 0. The maximum atomic E-state index is 11.9. The zero-order chi connectivity index (χ0) is 8.77. The quantitative estimate of drug-likeness (QED) is 0.616. The molecule has 0 unspecified atom stereocenters. The maximum absolute atomic E-state index is 11.9. The van der Waals surface area contributed by atoms with Crippen LogP contribution in [-0.2, 0) is 4.79 Å². The lowest BCUT2D eigenvalue weighted by Gasteiger charge is -2.52. The van der Waals surface area contributed by atoms with Crippen molar-refractivity contribution < 1.29 is 4.79 Å². The molecular formula is C11H18O. The molecule has 68 valence electrons. The number of hydrogen-bond acceptors (Lipinski definition) is 1. The van der Waals surface area contributed by atoms with Crippen LogP contribution < -0.4 is 0 Å². The third-order valence-corrected chi connectivity index (χ3v) is 3.67. The Bertz CT molecular complexity index is 194. The molecule has 3 rings (SSSR count). The summed E-state index contributed by atoms with van der Waals surface area (Å²) < 4.78 is 0. The van der Waals surface area contributed by atoms with Crippen molar-refractivity contribution in [2.24, 2.45) is 17.3 Å². The number of Topliss-reactive ketones (excluding diaryl/α,β-unsaturated/α-hetero) is 1. The van der Waals surface area contributed by atoms with Gasteiger partial charge in [-0.1, -0.05) is 26.7 Å². The Morgan fingerprint density at radius 1 is 1.42 bits per heavy atom. The summed E-state index contributed by atoms with van der Waals surface area (Å²) in [4.78, 5) is 11.9. The number of carbonyl (C=O) groups is 1. The van der Waals surface area contributed by atoms with E-state index in [0.717, 1.165) is 5.92 Å². The smallest absolute Gasteiger partial charge is 0.141 e. The van der Waals surface area contributed by atoms with Crippen molar-refractivity contribution in [3.8, 4) is 0 Å². The minimum Gasteiger partial charge on any atom is -0.299 e. The molecule has 3 aliphatic rings. The highest BCUT2D eigenvalue weighted by Crippen LogP contribution is 2.56. The molecule has 0 N–H and O–H groups in total. The Balaban J connectivity index is 2.07. The van der Waals surface area contributed by atoms with Crippen molar-refractivity contribution in [2.45, 2.75) is 46.0 Å². The fourth-order valence-electron chi connectivity index (χ4n) is 3.12. The second kappa shape index (κ2) is 2.58. The molecule has 0 aromatic rings. The first-order valence-corrected chi connectivity index (χ1v) is 5.18. The summed E-state index contributed by atoms with van der Waals surface area (Å²) in [6.07, 6.45) is 6.28. The van der Waals surface area contributed by atoms with E-state index in [-0.39, 0.29) is 11.3 Å². The van der Waals surface area contributed by atoms with E-state index in [0.29, 0.717) is 5.78 Å². The molecule has 0 saturated heterocycles. The van der Waals surface area contributed by atoms with Crippen LogP contribution in [0.3, 0.4) is 0 Å². The third-order valence-electron chi connectivity index (χ3n) is 3.67. The first-order valence-electron chi connectivity index (χ1n) is 5.18. The topological polar surface area (TPSA) is 17.1 Å². The highest BCUT2D eigenvalue weighted by Gasteiger charge is 2.51. The highest BCUT2D eigenvalue weighted by molar-refractivity contribution is 5.87. The summed E-state index contributed by atoms with van der Waals surface area (Å²) >= 11 is 0. The number of hydrogen-bond donors (Lipinski definition) is 0.